The average Bonchev–Trinajstić information content (AvgIpc) is 3.17. The first-order valence-corrected chi connectivity index (χ1v) is 11.5. The first-order valence-electron chi connectivity index (χ1n) is 10.6. The molecule has 4 N–H and O–H groups in total. The Balaban J connectivity index is 1.54. The van der Waals surface area contributed by atoms with Crippen molar-refractivity contribution in [3.8, 4) is 11.1 Å². The van der Waals surface area contributed by atoms with Gasteiger partial charge in [-0.1, -0.05) is 18.2 Å². The van der Waals surface area contributed by atoms with E-state index in [9.17, 15) is 18.0 Å². The summed E-state index contributed by atoms with van der Waals surface area (Å²) in [6.07, 6.45) is -2.23. The maximum atomic E-state index is 12.9. The van der Waals surface area contributed by atoms with Crippen LogP contribution in [-0.2, 0) is 12.6 Å². The van der Waals surface area contributed by atoms with Gasteiger partial charge in [-0.15, -0.1) is 11.3 Å². The quantitative estimate of drug-likeness (QED) is 0.315. The van der Waals surface area contributed by atoms with E-state index in [-0.39, 0.29) is 5.69 Å². The number of aromatic nitrogens is 2. The Labute approximate surface area is 203 Å². The fraction of sp³-hybridized carbons (Fsp3) is 0.208. The molecule has 0 spiro atoms. The highest BCUT2D eigenvalue weighted by atomic mass is 32.1. The van der Waals surface area contributed by atoms with E-state index in [1.54, 1.807) is 23.5 Å². The van der Waals surface area contributed by atoms with Crippen LogP contribution in [0.25, 0.3) is 21.3 Å². The Hall–Kier alpha value is -3.70. The molecule has 0 atom stereocenters. The fourth-order valence-electron chi connectivity index (χ4n) is 3.60. The largest absolute Gasteiger partial charge is 0.416 e. The van der Waals surface area contributed by atoms with E-state index in [1.165, 1.54) is 18.5 Å². The molecule has 0 aliphatic rings. The van der Waals surface area contributed by atoms with Gasteiger partial charge in [-0.3, -0.25) is 0 Å². The number of halogens is 3. The maximum absolute atomic E-state index is 12.9. The van der Waals surface area contributed by atoms with Crippen LogP contribution in [-0.4, -0.2) is 41.5 Å². The van der Waals surface area contributed by atoms with Gasteiger partial charge in [0.25, 0.3) is 0 Å². The lowest BCUT2D eigenvalue weighted by Crippen LogP contribution is -2.19. The molecule has 0 aliphatic heterocycles. The number of benzene rings is 2. The van der Waals surface area contributed by atoms with Crippen molar-refractivity contribution in [2.45, 2.75) is 12.6 Å². The molecule has 0 fully saturated rings. The summed E-state index contributed by atoms with van der Waals surface area (Å²) in [6, 6.07) is 11.0. The predicted molar refractivity (Wildman–Crippen MR) is 134 cm³/mol. The third-order valence-corrected chi connectivity index (χ3v) is 6.41. The van der Waals surface area contributed by atoms with Crippen molar-refractivity contribution in [3.05, 3.63) is 65.3 Å². The second kappa shape index (κ2) is 9.88. The van der Waals surface area contributed by atoms with E-state index in [4.69, 9.17) is 5.73 Å². The second-order valence-corrected chi connectivity index (χ2v) is 9.21. The van der Waals surface area contributed by atoms with Gasteiger partial charge in [0.05, 0.1) is 10.9 Å². The predicted octanol–water partition coefficient (Wildman–Crippen LogP) is 5.71. The molecule has 2 aromatic carbocycles. The number of thiophene rings is 1. The Kier molecular flexibility index (Phi) is 6.90. The standard InChI is InChI=1S/C24H23F3N6OS/c1-33(2)11-10-18-19(20-21(28)29-13-30-22(20)35-18)14-6-8-16(9-7-14)31-23(34)32-17-5-3-4-15(12-17)24(25,26)27/h3-9,12-13H,10-11H2,1-2H3,(H2,28,29,30)(H2,31,32,34). The van der Waals surface area contributed by atoms with Crippen LogP contribution in [0, 0.1) is 0 Å². The van der Waals surface area contributed by atoms with Gasteiger partial charge in [0.15, 0.2) is 0 Å². The molecular weight excluding hydrogens is 477 g/mol. The zero-order valence-corrected chi connectivity index (χ0v) is 19.8. The Bertz CT molecular complexity index is 1350. The molecule has 0 radical (unpaired) electrons. The van der Waals surface area contributed by atoms with Crippen LogP contribution in [0.3, 0.4) is 0 Å². The molecule has 2 heterocycles. The number of nitrogen functional groups attached to an aromatic ring is 1. The first-order chi connectivity index (χ1) is 16.6. The highest BCUT2D eigenvalue weighted by molar-refractivity contribution is 7.19. The van der Waals surface area contributed by atoms with Gasteiger partial charge < -0.3 is 21.3 Å². The lowest BCUT2D eigenvalue weighted by atomic mass is 10.0. The highest BCUT2D eigenvalue weighted by Gasteiger charge is 2.30. The van der Waals surface area contributed by atoms with E-state index in [1.807, 2.05) is 26.2 Å². The first kappa shape index (κ1) is 24.4. The number of hydrogen-bond acceptors (Lipinski definition) is 6. The molecule has 2 amide bonds. The Morgan fingerprint density at radius 1 is 1.06 bits per heavy atom. The van der Waals surface area contributed by atoms with Crippen molar-refractivity contribution in [1.82, 2.24) is 14.9 Å². The Morgan fingerprint density at radius 3 is 2.46 bits per heavy atom. The summed E-state index contributed by atoms with van der Waals surface area (Å²) in [6.45, 7) is 0.850. The van der Waals surface area contributed by atoms with Crippen molar-refractivity contribution in [1.29, 1.82) is 0 Å². The summed E-state index contributed by atoms with van der Waals surface area (Å²) < 4.78 is 38.7. The lowest BCUT2D eigenvalue weighted by molar-refractivity contribution is -0.137. The summed E-state index contributed by atoms with van der Waals surface area (Å²) in [5.41, 5.74) is 7.73. The van der Waals surface area contributed by atoms with Crippen LogP contribution in [0.4, 0.5) is 35.2 Å². The third kappa shape index (κ3) is 5.69. The number of amides is 2. The van der Waals surface area contributed by atoms with Crippen molar-refractivity contribution in [2.75, 3.05) is 37.0 Å². The molecule has 182 valence electrons. The van der Waals surface area contributed by atoms with Crippen LogP contribution in [0.1, 0.15) is 10.4 Å². The lowest BCUT2D eigenvalue weighted by Gasteiger charge is -2.12. The number of nitrogens with two attached hydrogens (primary N) is 1. The molecule has 0 saturated carbocycles. The fourth-order valence-corrected chi connectivity index (χ4v) is 4.75. The summed E-state index contributed by atoms with van der Waals surface area (Å²) in [4.78, 5) is 24.9. The molecule has 0 unspecified atom stereocenters. The number of urea groups is 1. The number of anilines is 3. The minimum Gasteiger partial charge on any atom is -0.383 e. The number of nitrogens with one attached hydrogen (secondary N) is 2. The number of hydrogen-bond donors (Lipinski definition) is 3. The molecule has 11 heteroatoms. The van der Waals surface area contributed by atoms with Gasteiger partial charge in [-0.05, 0) is 56.4 Å². The molecular formula is C24H23F3N6OS. The number of carbonyl (C=O) groups excluding carboxylic acids is 1. The smallest absolute Gasteiger partial charge is 0.383 e. The van der Waals surface area contributed by atoms with Gasteiger partial charge in [0.1, 0.15) is 17.0 Å². The summed E-state index contributed by atoms with van der Waals surface area (Å²) in [7, 11) is 4.01. The van der Waals surface area contributed by atoms with Crippen LogP contribution in [0.5, 0.6) is 0 Å². The van der Waals surface area contributed by atoms with Gasteiger partial charge >= 0.3 is 12.2 Å². The maximum Gasteiger partial charge on any atom is 0.416 e. The van der Waals surface area contributed by atoms with Crippen LogP contribution >= 0.6 is 11.3 Å². The highest BCUT2D eigenvalue weighted by Crippen LogP contribution is 2.40. The van der Waals surface area contributed by atoms with Gasteiger partial charge in [-0.25, -0.2) is 14.8 Å². The van der Waals surface area contributed by atoms with E-state index in [0.29, 0.717) is 11.5 Å². The number of fused-ring (bicyclic) bond motifs is 1. The molecule has 35 heavy (non-hydrogen) atoms. The summed E-state index contributed by atoms with van der Waals surface area (Å²) in [5.74, 6) is 0.403. The van der Waals surface area contributed by atoms with Gasteiger partial charge in [-0.2, -0.15) is 13.2 Å². The molecule has 7 nitrogen and oxygen atoms in total. The number of rotatable bonds is 6. The zero-order chi connectivity index (χ0) is 25.2. The summed E-state index contributed by atoms with van der Waals surface area (Å²) >= 11 is 1.58. The monoisotopic (exact) mass is 500 g/mol. The number of likely N-dealkylation sites (N-methyl/N-ethyl adjacent to an activating group) is 1. The van der Waals surface area contributed by atoms with E-state index < -0.39 is 17.8 Å². The van der Waals surface area contributed by atoms with Gasteiger partial charge in [0.2, 0.25) is 0 Å². The van der Waals surface area contributed by atoms with Crippen LogP contribution in [0.2, 0.25) is 0 Å². The third-order valence-electron chi connectivity index (χ3n) is 5.26. The molecule has 0 bridgehead atoms. The zero-order valence-electron chi connectivity index (χ0n) is 19.0. The second-order valence-electron chi connectivity index (χ2n) is 8.13. The minimum atomic E-state index is -4.49. The van der Waals surface area contributed by atoms with Crippen molar-refractivity contribution in [2.24, 2.45) is 0 Å². The molecule has 2 aromatic heterocycles. The van der Waals surface area contributed by atoms with Crippen molar-refractivity contribution >= 4 is 44.8 Å². The molecule has 4 rings (SSSR count). The molecule has 0 saturated heterocycles. The van der Waals surface area contributed by atoms with Crippen LogP contribution < -0.4 is 16.4 Å². The number of alkyl halides is 3. The summed E-state index contributed by atoms with van der Waals surface area (Å²) in [5, 5.41) is 5.87. The molecule has 4 aromatic rings. The van der Waals surface area contributed by atoms with Crippen molar-refractivity contribution in [3.63, 3.8) is 0 Å². The van der Waals surface area contributed by atoms with Crippen molar-refractivity contribution < 1.29 is 18.0 Å². The number of carbonyl (C=O) groups is 1. The Morgan fingerprint density at radius 2 is 1.77 bits per heavy atom. The average molecular weight is 501 g/mol. The SMILES string of the molecule is CN(C)CCc1sc2ncnc(N)c2c1-c1ccc(NC(=O)Nc2cccc(C(F)(F)F)c2)cc1. The number of nitrogens with zero attached hydrogens (tertiary/aromatic N) is 3. The van der Waals surface area contributed by atoms with Gasteiger partial charge in [0, 0.05) is 28.4 Å². The van der Waals surface area contributed by atoms with Crippen LogP contribution in [0.15, 0.2) is 54.9 Å². The topological polar surface area (TPSA) is 96.2 Å². The minimum absolute atomic E-state index is 0.0414. The van der Waals surface area contributed by atoms with E-state index in [2.05, 4.69) is 25.5 Å². The van der Waals surface area contributed by atoms with E-state index >= 15 is 0 Å². The van der Waals surface area contributed by atoms with E-state index in [0.717, 1.165) is 51.3 Å². The molecule has 0 aliphatic carbocycles. The normalized spacial score (nSPS) is 11.7.